The molecule has 124 valence electrons. The van der Waals surface area contributed by atoms with Crippen LogP contribution in [-0.4, -0.2) is 40.5 Å². The van der Waals surface area contributed by atoms with Gasteiger partial charge in [-0.3, -0.25) is 9.59 Å². The van der Waals surface area contributed by atoms with Crippen LogP contribution in [0.4, 0.5) is 5.69 Å². The highest BCUT2D eigenvalue weighted by Gasteiger charge is 2.31. The molecule has 1 saturated heterocycles. The number of hydrogen-bond acceptors (Lipinski definition) is 5. The zero-order chi connectivity index (χ0) is 17.1. The predicted octanol–water partition coefficient (Wildman–Crippen LogP) is 2.14. The Bertz CT molecular complexity index is 779. The monoisotopic (exact) mass is 326 g/mol. The average Bonchev–Trinajstić information content (AvgIpc) is 3.13. The van der Waals surface area contributed by atoms with Crippen molar-refractivity contribution in [3.05, 3.63) is 41.6 Å². The summed E-state index contributed by atoms with van der Waals surface area (Å²) >= 11 is 0. The lowest BCUT2D eigenvalue weighted by Gasteiger charge is -2.06. The van der Waals surface area contributed by atoms with Gasteiger partial charge in [0, 0.05) is 38.7 Å². The Hall–Kier alpha value is -2.96. The van der Waals surface area contributed by atoms with Crippen molar-refractivity contribution in [1.29, 1.82) is 0 Å². The van der Waals surface area contributed by atoms with Crippen LogP contribution in [0.1, 0.15) is 36.6 Å². The summed E-state index contributed by atoms with van der Waals surface area (Å²) in [6, 6.07) is 7.40. The summed E-state index contributed by atoms with van der Waals surface area (Å²) in [5.41, 5.74) is 1.69. The number of nitrogens with zero attached hydrogens (tertiary/aromatic N) is 3. The summed E-state index contributed by atoms with van der Waals surface area (Å²) in [7, 11) is 1.77. The van der Waals surface area contributed by atoms with E-state index in [0.717, 1.165) is 11.3 Å². The van der Waals surface area contributed by atoms with Crippen molar-refractivity contribution in [1.82, 2.24) is 15.1 Å². The summed E-state index contributed by atoms with van der Waals surface area (Å²) in [6.07, 6.45) is 3.98. The van der Waals surface area contributed by atoms with Crippen molar-refractivity contribution in [3.8, 4) is 0 Å². The number of carbonyl (C=O) groups is 2. The Kier molecular flexibility index (Phi) is 4.41. The number of nitrogens with one attached hydrogen (secondary N) is 1. The molecule has 2 amide bonds. The molecular weight excluding hydrogens is 308 g/mol. The number of hydrogen-bond donors (Lipinski definition) is 1. The topological polar surface area (TPSA) is 88.3 Å². The molecule has 1 aromatic carbocycles. The second-order valence-corrected chi connectivity index (χ2v) is 5.79. The van der Waals surface area contributed by atoms with Crippen LogP contribution in [0.3, 0.4) is 0 Å². The molecule has 2 aromatic rings. The Morgan fingerprint density at radius 1 is 1.29 bits per heavy atom. The molecule has 1 unspecified atom stereocenters. The van der Waals surface area contributed by atoms with E-state index in [1.54, 1.807) is 18.0 Å². The average molecular weight is 326 g/mol. The van der Waals surface area contributed by atoms with Crippen molar-refractivity contribution in [2.24, 2.45) is 0 Å². The van der Waals surface area contributed by atoms with Gasteiger partial charge in [-0.15, -0.1) is 10.2 Å². The maximum absolute atomic E-state index is 11.6. The number of carbonyl (C=O) groups excluding carboxylic acids is 2. The standard InChI is InChI=1S/C17H18N4O3/c1-11(22)18-14-6-3-12(4-7-14)5-8-15-19-20-17(24-15)13-9-16(23)21(2)10-13/h3-8,13H,9-10H2,1-2H3,(H,18,22)/b8-5+. The molecule has 2 heterocycles. The molecule has 0 bridgehead atoms. The van der Waals surface area contributed by atoms with Gasteiger partial charge in [0.05, 0.1) is 5.92 Å². The zero-order valence-electron chi connectivity index (χ0n) is 13.5. The Morgan fingerprint density at radius 2 is 2.04 bits per heavy atom. The smallest absolute Gasteiger partial charge is 0.240 e. The predicted molar refractivity (Wildman–Crippen MR) is 89.0 cm³/mol. The maximum Gasteiger partial charge on any atom is 0.240 e. The van der Waals surface area contributed by atoms with Gasteiger partial charge in [0.25, 0.3) is 0 Å². The van der Waals surface area contributed by atoms with Gasteiger partial charge in [0.1, 0.15) is 0 Å². The van der Waals surface area contributed by atoms with E-state index in [1.807, 2.05) is 30.3 Å². The lowest BCUT2D eigenvalue weighted by molar-refractivity contribution is -0.126. The quantitative estimate of drug-likeness (QED) is 0.930. The lowest BCUT2D eigenvalue weighted by Crippen LogP contribution is -2.18. The van der Waals surface area contributed by atoms with Crippen LogP contribution in [-0.2, 0) is 9.59 Å². The van der Waals surface area contributed by atoms with Gasteiger partial charge in [0.15, 0.2) is 0 Å². The minimum Gasteiger partial charge on any atom is -0.421 e. The number of amides is 2. The summed E-state index contributed by atoms with van der Waals surface area (Å²) in [4.78, 5) is 24.2. The molecular formula is C17H18N4O3. The third-order valence-corrected chi connectivity index (χ3v) is 3.80. The molecule has 1 aromatic heterocycles. The van der Waals surface area contributed by atoms with E-state index in [-0.39, 0.29) is 17.7 Å². The fourth-order valence-corrected chi connectivity index (χ4v) is 2.56. The van der Waals surface area contributed by atoms with Crippen molar-refractivity contribution in [2.45, 2.75) is 19.3 Å². The molecule has 3 rings (SSSR count). The number of rotatable bonds is 4. The largest absolute Gasteiger partial charge is 0.421 e. The van der Waals surface area contributed by atoms with E-state index >= 15 is 0 Å². The first-order chi connectivity index (χ1) is 11.5. The maximum atomic E-state index is 11.6. The molecule has 0 spiro atoms. The molecule has 7 heteroatoms. The highest BCUT2D eigenvalue weighted by Crippen LogP contribution is 2.26. The number of likely N-dealkylation sites (N-methyl/N-ethyl adjacent to an activating group) is 1. The molecule has 1 N–H and O–H groups in total. The first kappa shape index (κ1) is 15.9. The molecule has 7 nitrogen and oxygen atoms in total. The fourth-order valence-electron chi connectivity index (χ4n) is 2.56. The number of anilines is 1. The Balaban J connectivity index is 1.65. The first-order valence-electron chi connectivity index (χ1n) is 7.64. The molecule has 0 saturated carbocycles. The zero-order valence-corrected chi connectivity index (χ0v) is 13.5. The second-order valence-electron chi connectivity index (χ2n) is 5.79. The molecule has 0 radical (unpaired) electrons. The van der Waals surface area contributed by atoms with Crippen LogP contribution in [0.5, 0.6) is 0 Å². The van der Waals surface area contributed by atoms with E-state index < -0.39 is 0 Å². The molecule has 1 aliphatic rings. The van der Waals surface area contributed by atoms with Crippen LogP contribution >= 0.6 is 0 Å². The van der Waals surface area contributed by atoms with Gasteiger partial charge in [0.2, 0.25) is 23.6 Å². The van der Waals surface area contributed by atoms with E-state index in [1.165, 1.54) is 6.92 Å². The van der Waals surface area contributed by atoms with Gasteiger partial charge in [-0.2, -0.15) is 0 Å². The second kappa shape index (κ2) is 6.66. The van der Waals surface area contributed by atoms with Crippen LogP contribution < -0.4 is 5.32 Å². The van der Waals surface area contributed by atoms with Gasteiger partial charge in [-0.05, 0) is 23.8 Å². The fraction of sp³-hybridized carbons (Fsp3) is 0.294. The van der Waals surface area contributed by atoms with E-state index in [2.05, 4.69) is 15.5 Å². The summed E-state index contributed by atoms with van der Waals surface area (Å²) in [5, 5.41) is 10.7. The summed E-state index contributed by atoms with van der Waals surface area (Å²) in [5.74, 6) is 0.850. The third-order valence-electron chi connectivity index (χ3n) is 3.80. The van der Waals surface area contributed by atoms with Crippen LogP contribution in [0, 0.1) is 0 Å². The van der Waals surface area contributed by atoms with Crippen molar-refractivity contribution in [2.75, 3.05) is 18.9 Å². The minimum atomic E-state index is -0.104. The molecule has 0 aliphatic carbocycles. The molecule has 1 aliphatic heterocycles. The Morgan fingerprint density at radius 3 is 2.67 bits per heavy atom. The molecule has 1 fully saturated rings. The molecule has 1 atom stereocenters. The lowest BCUT2D eigenvalue weighted by atomic mass is 10.1. The van der Waals surface area contributed by atoms with E-state index in [0.29, 0.717) is 24.7 Å². The van der Waals surface area contributed by atoms with Crippen LogP contribution in [0.15, 0.2) is 28.7 Å². The van der Waals surface area contributed by atoms with Crippen molar-refractivity contribution >= 4 is 29.7 Å². The van der Waals surface area contributed by atoms with Crippen molar-refractivity contribution in [3.63, 3.8) is 0 Å². The summed E-state index contributed by atoms with van der Waals surface area (Å²) < 4.78 is 5.62. The Labute approximate surface area is 139 Å². The van der Waals surface area contributed by atoms with Gasteiger partial charge in [-0.1, -0.05) is 12.1 Å². The number of benzene rings is 1. The van der Waals surface area contributed by atoms with Crippen molar-refractivity contribution < 1.29 is 14.0 Å². The number of likely N-dealkylation sites (tertiary alicyclic amines) is 1. The van der Waals surface area contributed by atoms with Gasteiger partial charge >= 0.3 is 0 Å². The summed E-state index contributed by atoms with van der Waals surface area (Å²) in [6.45, 7) is 2.07. The van der Waals surface area contributed by atoms with Gasteiger partial charge in [-0.25, -0.2) is 0 Å². The normalized spacial score (nSPS) is 17.7. The highest BCUT2D eigenvalue weighted by molar-refractivity contribution is 5.88. The SMILES string of the molecule is CC(=O)Nc1ccc(/C=C/c2nnc(C3CC(=O)N(C)C3)o2)cc1. The van der Waals surface area contributed by atoms with E-state index in [9.17, 15) is 9.59 Å². The first-order valence-corrected chi connectivity index (χ1v) is 7.64. The van der Waals surface area contributed by atoms with Gasteiger partial charge < -0.3 is 14.6 Å². The van der Waals surface area contributed by atoms with Crippen LogP contribution in [0.2, 0.25) is 0 Å². The highest BCUT2D eigenvalue weighted by atomic mass is 16.4. The number of aromatic nitrogens is 2. The van der Waals surface area contributed by atoms with E-state index in [4.69, 9.17) is 4.42 Å². The molecule has 24 heavy (non-hydrogen) atoms. The van der Waals surface area contributed by atoms with Crippen LogP contribution in [0.25, 0.3) is 12.2 Å². The minimum absolute atomic E-state index is 0.0333. The third kappa shape index (κ3) is 3.68.